The summed E-state index contributed by atoms with van der Waals surface area (Å²) in [6.45, 7) is 5.27. The first-order valence-electron chi connectivity index (χ1n) is 12.1. The van der Waals surface area contributed by atoms with Gasteiger partial charge in [-0.25, -0.2) is 14.4 Å². The first kappa shape index (κ1) is 25.5. The van der Waals surface area contributed by atoms with Crippen LogP contribution in [-0.4, -0.2) is 39.7 Å². The van der Waals surface area contributed by atoms with Crippen molar-refractivity contribution in [2.75, 3.05) is 23.8 Å². The van der Waals surface area contributed by atoms with Gasteiger partial charge in [-0.2, -0.15) is 0 Å². The Hall–Kier alpha value is -3.14. The predicted molar refractivity (Wildman–Crippen MR) is 145 cm³/mol. The molecule has 1 unspecified atom stereocenters. The van der Waals surface area contributed by atoms with Gasteiger partial charge in [-0.3, -0.25) is 4.79 Å². The number of rotatable bonds is 9. The lowest BCUT2D eigenvalue weighted by atomic mass is 10.1. The van der Waals surface area contributed by atoms with Crippen LogP contribution in [0.2, 0.25) is 5.02 Å². The summed E-state index contributed by atoms with van der Waals surface area (Å²) in [7, 11) is 0. The molecule has 0 aromatic heterocycles. The Bertz CT molecular complexity index is 1380. The number of nitrogens with one attached hydrogen (secondary N) is 2. The topological polar surface area (TPSA) is 81.1 Å². The van der Waals surface area contributed by atoms with E-state index in [1.807, 2.05) is 32.0 Å². The number of ether oxygens (including phenoxy) is 1. The van der Waals surface area contributed by atoms with Crippen molar-refractivity contribution < 1.29 is 13.9 Å². The highest BCUT2D eigenvalue weighted by atomic mass is 35.5. The Labute approximate surface area is 224 Å². The van der Waals surface area contributed by atoms with Gasteiger partial charge in [0.15, 0.2) is 11.0 Å². The van der Waals surface area contributed by atoms with E-state index in [2.05, 4.69) is 15.6 Å². The van der Waals surface area contributed by atoms with Gasteiger partial charge in [0.25, 0.3) is 0 Å². The van der Waals surface area contributed by atoms with Crippen LogP contribution in [0, 0.1) is 12.7 Å². The standard InChI is InChI=1S/C27H27ClFN5O2S/c1-3-24(26(35)31-22-11-20(9-4-16(22)2)30-21-13-36-14-21)34-12-18(28)10-23-25(34)33-27(32-23)37-15-17-5-7-19(29)8-6-17/h4-12,21,24,30H,3,13-15H2,1-2H3,(H,31,35). The number of fused-ring (bicyclic) bond motifs is 1. The summed E-state index contributed by atoms with van der Waals surface area (Å²) in [5, 5.41) is 7.55. The number of halogens is 2. The van der Waals surface area contributed by atoms with Crippen molar-refractivity contribution in [2.45, 2.75) is 43.3 Å². The van der Waals surface area contributed by atoms with Gasteiger partial charge in [-0.05, 0) is 54.8 Å². The van der Waals surface area contributed by atoms with E-state index < -0.39 is 6.04 Å². The molecule has 1 atom stereocenters. The zero-order valence-corrected chi connectivity index (χ0v) is 22.1. The molecule has 5 rings (SSSR count). The molecule has 2 aromatic rings. The number of hydrogen-bond acceptors (Lipinski definition) is 6. The van der Waals surface area contributed by atoms with Crippen LogP contribution in [0.25, 0.3) is 11.5 Å². The number of anilines is 2. The first-order chi connectivity index (χ1) is 17.9. The van der Waals surface area contributed by atoms with Gasteiger partial charge in [0, 0.05) is 23.3 Å². The molecule has 37 heavy (non-hydrogen) atoms. The van der Waals surface area contributed by atoms with Crippen LogP contribution in [0.4, 0.5) is 15.8 Å². The highest BCUT2D eigenvalue weighted by Gasteiger charge is 2.26. The molecule has 1 saturated heterocycles. The molecule has 3 heterocycles. The molecule has 7 nitrogen and oxygen atoms in total. The Balaban J connectivity index is 1.36. The maximum Gasteiger partial charge on any atom is 0.247 e. The summed E-state index contributed by atoms with van der Waals surface area (Å²) >= 11 is 7.87. The number of thioether (sulfide) groups is 1. The highest BCUT2D eigenvalue weighted by Crippen LogP contribution is 2.32. The van der Waals surface area contributed by atoms with Crippen molar-refractivity contribution in [2.24, 2.45) is 0 Å². The second-order valence-corrected chi connectivity index (χ2v) is 10.4. The Kier molecular flexibility index (Phi) is 7.64. The minimum Gasteiger partial charge on any atom is -0.378 e. The lowest BCUT2D eigenvalue weighted by Gasteiger charge is -2.28. The fourth-order valence-electron chi connectivity index (χ4n) is 4.13. The van der Waals surface area contributed by atoms with E-state index >= 15 is 0 Å². The number of nitrogens with zero attached hydrogens (tertiary/aromatic N) is 3. The second-order valence-electron chi connectivity index (χ2n) is 9.02. The number of amides is 1. The summed E-state index contributed by atoms with van der Waals surface area (Å²) in [6.07, 6.45) is 2.26. The minimum absolute atomic E-state index is 0.160. The van der Waals surface area contributed by atoms with Crippen LogP contribution < -0.4 is 10.6 Å². The van der Waals surface area contributed by atoms with Crippen LogP contribution in [0.3, 0.4) is 0 Å². The minimum atomic E-state index is -0.538. The van der Waals surface area contributed by atoms with Gasteiger partial charge in [0.2, 0.25) is 5.91 Å². The Morgan fingerprint density at radius 2 is 2.00 bits per heavy atom. The van der Waals surface area contributed by atoms with Gasteiger partial charge in [0.1, 0.15) is 17.6 Å². The summed E-state index contributed by atoms with van der Waals surface area (Å²) in [6, 6.07) is 13.8. The van der Waals surface area contributed by atoms with E-state index in [4.69, 9.17) is 21.3 Å². The first-order valence-corrected chi connectivity index (χ1v) is 13.4. The fraction of sp³-hybridized carbons (Fsp3) is 0.296. The van der Waals surface area contributed by atoms with E-state index in [1.54, 1.807) is 29.0 Å². The molecule has 3 aliphatic heterocycles. The molecule has 2 aromatic carbocycles. The quantitative estimate of drug-likeness (QED) is 0.247. The van der Waals surface area contributed by atoms with Crippen LogP contribution in [-0.2, 0) is 15.3 Å². The Morgan fingerprint density at radius 3 is 2.70 bits per heavy atom. The maximum atomic E-state index is 13.5. The SMILES string of the molecule is CCC(C(=O)Nc1cc(NC2COC2)ccc1C)n1cc(Cl)cc2nc(SCc3ccc(F)cc3)nc1-2. The van der Waals surface area contributed by atoms with E-state index in [0.717, 1.165) is 22.5 Å². The molecule has 0 radical (unpaired) electrons. The summed E-state index contributed by atoms with van der Waals surface area (Å²) in [5.41, 5.74) is 4.23. The fourth-order valence-corrected chi connectivity index (χ4v) is 5.14. The third kappa shape index (κ3) is 5.89. The molecule has 0 bridgehead atoms. The van der Waals surface area contributed by atoms with Crippen molar-refractivity contribution in [3.8, 4) is 11.5 Å². The summed E-state index contributed by atoms with van der Waals surface area (Å²) < 4.78 is 20.2. The van der Waals surface area contributed by atoms with E-state index in [0.29, 0.717) is 47.1 Å². The lowest BCUT2D eigenvalue weighted by molar-refractivity contribution is -0.119. The van der Waals surface area contributed by atoms with Gasteiger partial charge >= 0.3 is 0 Å². The van der Waals surface area contributed by atoms with Crippen molar-refractivity contribution in [1.82, 2.24) is 14.5 Å². The number of imidazole rings is 1. The van der Waals surface area contributed by atoms with Crippen LogP contribution in [0.5, 0.6) is 0 Å². The second kappa shape index (κ2) is 11.1. The molecule has 1 fully saturated rings. The average molecular weight is 540 g/mol. The zero-order chi connectivity index (χ0) is 25.9. The number of aromatic nitrogens is 3. The molecule has 0 saturated carbocycles. The molecule has 3 aliphatic rings. The molecular formula is C27H27ClFN5O2S. The molecule has 1 amide bonds. The van der Waals surface area contributed by atoms with Crippen LogP contribution >= 0.6 is 23.4 Å². The highest BCUT2D eigenvalue weighted by molar-refractivity contribution is 7.98. The van der Waals surface area contributed by atoms with E-state index in [-0.39, 0.29) is 17.8 Å². The van der Waals surface area contributed by atoms with Gasteiger partial charge in [-0.15, -0.1) is 0 Å². The van der Waals surface area contributed by atoms with Crippen LogP contribution in [0.15, 0.2) is 59.9 Å². The van der Waals surface area contributed by atoms with Crippen molar-refractivity contribution in [1.29, 1.82) is 0 Å². The monoisotopic (exact) mass is 539 g/mol. The molecule has 2 N–H and O–H groups in total. The third-order valence-corrected chi connectivity index (χ3v) is 7.36. The van der Waals surface area contributed by atoms with Gasteiger partial charge < -0.3 is 19.9 Å². The van der Waals surface area contributed by atoms with Crippen LogP contribution in [0.1, 0.15) is 30.5 Å². The largest absolute Gasteiger partial charge is 0.378 e. The number of aryl methyl sites for hydroxylation is 1. The molecule has 0 aliphatic carbocycles. The number of hydrogen-bond donors (Lipinski definition) is 2. The van der Waals surface area contributed by atoms with Crippen molar-refractivity contribution in [3.05, 3.63) is 76.7 Å². The third-order valence-electron chi connectivity index (χ3n) is 6.24. The Morgan fingerprint density at radius 1 is 1.22 bits per heavy atom. The lowest BCUT2D eigenvalue weighted by Crippen LogP contribution is -2.40. The smallest absolute Gasteiger partial charge is 0.247 e. The molecule has 0 spiro atoms. The normalized spacial score (nSPS) is 14.4. The number of carbonyl (C=O) groups is 1. The maximum absolute atomic E-state index is 13.5. The predicted octanol–water partition coefficient (Wildman–Crippen LogP) is 6.18. The molecule has 192 valence electrons. The number of benzene rings is 2. The van der Waals surface area contributed by atoms with E-state index in [1.165, 1.54) is 23.9 Å². The zero-order valence-electron chi connectivity index (χ0n) is 20.5. The average Bonchev–Trinajstić information content (AvgIpc) is 3.26. The number of carbonyl (C=O) groups excluding carboxylic acids is 1. The summed E-state index contributed by atoms with van der Waals surface area (Å²) in [5.74, 6) is 0.755. The van der Waals surface area contributed by atoms with Gasteiger partial charge in [0.05, 0.1) is 24.3 Å². The van der Waals surface area contributed by atoms with Crippen molar-refractivity contribution >= 4 is 40.6 Å². The van der Waals surface area contributed by atoms with E-state index in [9.17, 15) is 9.18 Å². The molecular weight excluding hydrogens is 513 g/mol. The van der Waals surface area contributed by atoms with Crippen molar-refractivity contribution in [3.63, 3.8) is 0 Å². The molecule has 10 heteroatoms. The summed E-state index contributed by atoms with van der Waals surface area (Å²) in [4.78, 5) is 22.8. The number of pyridine rings is 1. The van der Waals surface area contributed by atoms with Gasteiger partial charge in [-0.1, -0.05) is 48.5 Å².